The Balaban J connectivity index is 1.82. The van der Waals surface area contributed by atoms with E-state index in [1.54, 1.807) is 32.1 Å². The van der Waals surface area contributed by atoms with Crippen molar-refractivity contribution in [1.82, 2.24) is 4.90 Å². The number of carbonyl (C=O) groups excluding carboxylic acids is 4. The topological polar surface area (TPSA) is 80.8 Å². The molecule has 1 aliphatic rings. The summed E-state index contributed by atoms with van der Waals surface area (Å²) in [5.74, 6) is -1.70. The first-order valence-electron chi connectivity index (χ1n) is 14.3. The van der Waals surface area contributed by atoms with E-state index >= 15 is 0 Å². The number of hydrogen-bond acceptors (Lipinski definition) is 5. The van der Waals surface area contributed by atoms with Gasteiger partial charge in [-0.3, -0.25) is 14.4 Å². The molecule has 0 unspecified atom stereocenters. The van der Waals surface area contributed by atoms with E-state index in [9.17, 15) is 19.2 Å². The molecule has 3 rings (SSSR count). The normalized spacial score (nSPS) is 16.9. The van der Waals surface area contributed by atoms with E-state index in [-0.39, 0.29) is 5.78 Å². The van der Waals surface area contributed by atoms with Crippen LogP contribution in [0.1, 0.15) is 82.6 Å². The zero-order valence-electron chi connectivity index (χ0n) is 24.5. The van der Waals surface area contributed by atoms with Crippen LogP contribution in [0.3, 0.4) is 0 Å². The number of ketones is 2. The quantitative estimate of drug-likeness (QED) is 0.134. The molecule has 0 saturated carbocycles. The van der Waals surface area contributed by atoms with Crippen molar-refractivity contribution in [3.05, 3.63) is 83.9 Å². The van der Waals surface area contributed by atoms with Crippen LogP contribution in [0, 0.1) is 10.8 Å². The molecule has 0 radical (unpaired) electrons. The summed E-state index contributed by atoms with van der Waals surface area (Å²) in [6.07, 6.45) is 6.52. The molecule has 0 aromatic heterocycles. The average Bonchev–Trinajstić information content (AvgIpc) is 2.98. The molecule has 40 heavy (non-hydrogen) atoms. The Bertz CT molecular complexity index is 1200. The first-order chi connectivity index (χ1) is 19.0. The van der Waals surface area contributed by atoms with Gasteiger partial charge in [-0.25, -0.2) is 4.79 Å². The smallest absolute Gasteiger partial charge is 0.329 e. The number of hydrogen-bond donors (Lipinski definition) is 0. The molecule has 2 aromatic rings. The van der Waals surface area contributed by atoms with Crippen molar-refractivity contribution in [2.45, 2.75) is 85.3 Å². The molecule has 0 bridgehead atoms. The van der Waals surface area contributed by atoms with E-state index in [2.05, 4.69) is 0 Å². The van der Waals surface area contributed by atoms with E-state index in [1.165, 1.54) is 4.90 Å². The largest absolute Gasteiger partial charge is 0.460 e. The Morgan fingerprint density at radius 1 is 0.950 bits per heavy atom. The summed E-state index contributed by atoms with van der Waals surface area (Å²) in [6.45, 7) is 9.64. The predicted molar refractivity (Wildman–Crippen MR) is 157 cm³/mol. The number of allylic oxidation sites excluding steroid dienone is 1. The van der Waals surface area contributed by atoms with Gasteiger partial charge < -0.3 is 9.64 Å². The number of benzene rings is 2. The lowest BCUT2D eigenvalue weighted by Crippen LogP contribution is -2.54. The maximum Gasteiger partial charge on any atom is 0.329 e. The maximum atomic E-state index is 13.7. The van der Waals surface area contributed by atoms with Crippen LogP contribution >= 0.6 is 0 Å². The van der Waals surface area contributed by atoms with Crippen LogP contribution in [0.25, 0.3) is 0 Å². The van der Waals surface area contributed by atoms with Gasteiger partial charge in [-0.1, -0.05) is 101 Å². The Morgan fingerprint density at radius 3 is 2.20 bits per heavy atom. The number of carbonyl (C=O) groups is 4. The number of amides is 1. The Kier molecular flexibility index (Phi) is 10.6. The fourth-order valence-corrected chi connectivity index (χ4v) is 4.84. The third kappa shape index (κ3) is 8.00. The summed E-state index contributed by atoms with van der Waals surface area (Å²) in [5, 5.41) is 0. The second-order valence-electron chi connectivity index (χ2n) is 11.9. The van der Waals surface area contributed by atoms with E-state index in [0.717, 1.165) is 18.4 Å². The van der Waals surface area contributed by atoms with Crippen molar-refractivity contribution in [3.63, 3.8) is 0 Å². The summed E-state index contributed by atoms with van der Waals surface area (Å²) >= 11 is 0. The molecule has 1 amide bonds. The van der Waals surface area contributed by atoms with Crippen molar-refractivity contribution >= 4 is 23.4 Å². The second kappa shape index (κ2) is 13.7. The lowest BCUT2D eigenvalue weighted by Gasteiger charge is -2.38. The Hall–Kier alpha value is -3.54. The van der Waals surface area contributed by atoms with Crippen molar-refractivity contribution in [1.29, 1.82) is 0 Å². The van der Waals surface area contributed by atoms with Crippen LogP contribution < -0.4 is 0 Å². The van der Waals surface area contributed by atoms with Crippen molar-refractivity contribution in [2.75, 3.05) is 6.54 Å². The van der Waals surface area contributed by atoms with E-state index in [1.807, 2.05) is 75.4 Å². The number of nitrogens with zero attached hydrogens (tertiary/aromatic N) is 1. The van der Waals surface area contributed by atoms with Crippen molar-refractivity contribution in [3.8, 4) is 0 Å². The standard InChI is InChI=1S/C34H43NO5/c1-6-33(2,3)30(37)31(38)35-24-14-13-19-27(35)32(39)40-29(21-20-25-15-9-7-10-16-25)34(4,5)23-22-28(36)26-17-11-8-12-18-26/h7-12,15-18,22-23,27,29H,6,13-14,19-21,24H2,1-5H3/b23-22+/t27-,29+/m0/s1. The number of esters is 1. The molecular formula is C34H43NO5. The third-order valence-corrected chi connectivity index (χ3v) is 8.08. The Labute approximate surface area is 238 Å². The highest BCUT2D eigenvalue weighted by atomic mass is 16.5. The van der Waals surface area contributed by atoms with Gasteiger partial charge in [0.25, 0.3) is 5.91 Å². The number of likely N-dealkylation sites (tertiary alicyclic amines) is 1. The predicted octanol–water partition coefficient (Wildman–Crippen LogP) is 6.38. The second-order valence-corrected chi connectivity index (χ2v) is 11.9. The SMILES string of the molecule is CCC(C)(C)C(=O)C(=O)N1CCCC[C@H]1C(=O)O[C@H](CCc1ccccc1)C(C)(C)/C=C/C(=O)c1ccccc1. The van der Waals surface area contributed by atoms with Crippen LogP contribution in [0.5, 0.6) is 0 Å². The van der Waals surface area contributed by atoms with Crippen LogP contribution in [0.4, 0.5) is 0 Å². The molecule has 2 atom stereocenters. The summed E-state index contributed by atoms with van der Waals surface area (Å²) in [5.41, 5.74) is 0.242. The lowest BCUT2D eigenvalue weighted by molar-refractivity contribution is -0.167. The molecule has 0 aliphatic carbocycles. The highest BCUT2D eigenvalue weighted by Crippen LogP contribution is 2.32. The monoisotopic (exact) mass is 545 g/mol. The summed E-state index contributed by atoms with van der Waals surface area (Å²) < 4.78 is 6.18. The van der Waals surface area contributed by atoms with Gasteiger partial charge in [-0.15, -0.1) is 0 Å². The molecule has 2 aromatic carbocycles. The first kappa shape index (κ1) is 31.0. The molecule has 0 spiro atoms. The van der Waals surface area contributed by atoms with Crippen LogP contribution in [-0.2, 0) is 25.5 Å². The van der Waals surface area contributed by atoms with Crippen LogP contribution in [-0.4, -0.2) is 47.0 Å². The molecule has 6 heteroatoms. The minimum absolute atomic E-state index is 0.122. The molecule has 6 nitrogen and oxygen atoms in total. The van der Waals surface area contributed by atoms with Crippen LogP contribution in [0.15, 0.2) is 72.8 Å². The van der Waals surface area contributed by atoms with Crippen molar-refractivity contribution < 1.29 is 23.9 Å². The molecule has 0 N–H and O–H groups in total. The molecule has 1 aliphatic heterocycles. The minimum atomic E-state index is -0.803. The van der Waals surface area contributed by atoms with Gasteiger partial charge in [0.05, 0.1) is 0 Å². The number of aryl methyl sites for hydroxylation is 1. The number of ether oxygens (including phenoxy) is 1. The van der Waals surface area contributed by atoms with Gasteiger partial charge in [0.1, 0.15) is 12.1 Å². The molecule has 1 heterocycles. The fourth-order valence-electron chi connectivity index (χ4n) is 4.84. The van der Waals surface area contributed by atoms with Gasteiger partial charge in [0.15, 0.2) is 5.78 Å². The summed E-state index contributed by atoms with van der Waals surface area (Å²) in [4.78, 5) is 54.1. The van der Waals surface area contributed by atoms with E-state index in [4.69, 9.17) is 4.74 Å². The summed E-state index contributed by atoms with van der Waals surface area (Å²) in [6, 6.07) is 18.2. The lowest BCUT2D eigenvalue weighted by atomic mass is 9.82. The number of piperidine rings is 1. The van der Waals surface area contributed by atoms with E-state index in [0.29, 0.717) is 37.8 Å². The zero-order valence-corrected chi connectivity index (χ0v) is 24.5. The number of rotatable bonds is 12. The Morgan fingerprint density at radius 2 is 1.57 bits per heavy atom. The highest BCUT2D eigenvalue weighted by Gasteiger charge is 2.42. The summed E-state index contributed by atoms with van der Waals surface area (Å²) in [7, 11) is 0. The van der Waals surface area contributed by atoms with Gasteiger partial charge >= 0.3 is 5.97 Å². The van der Waals surface area contributed by atoms with E-state index < -0.39 is 40.6 Å². The molecule has 1 fully saturated rings. The fraction of sp³-hybridized carbons (Fsp3) is 0.471. The minimum Gasteiger partial charge on any atom is -0.460 e. The highest BCUT2D eigenvalue weighted by molar-refractivity contribution is 6.38. The van der Waals surface area contributed by atoms with Crippen LogP contribution in [0.2, 0.25) is 0 Å². The van der Waals surface area contributed by atoms with Gasteiger partial charge in [0, 0.05) is 22.9 Å². The zero-order chi connectivity index (χ0) is 29.3. The third-order valence-electron chi connectivity index (χ3n) is 8.08. The number of Topliss-reactive ketones (excluding diaryl/α,β-unsaturated/α-hetero) is 1. The first-order valence-corrected chi connectivity index (χ1v) is 14.3. The van der Waals surface area contributed by atoms with Gasteiger partial charge in [-0.05, 0) is 50.2 Å². The molecule has 1 saturated heterocycles. The molecular weight excluding hydrogens is 502 g/mol. The van der Waals surface area contributed by atoms with Gasteiger partial charge in [0.2, 0.25) is 5.78 Å². The maximum absolute atomic E-state index is 13.7. The van der Waals surface area contributed by atoms with Crippen molar-refractivity contribution in [2.24, 2.45) is 10.8 Å². The van der Waals surface area contributed by atoms with Gasteiger partial charge in [-0.2, -0.15) is 0 Å². The average molecular weight is 546 g/mol. The molecule has 214 valence electrons.